The van der Waals surface area contributed by atoms with Crippen molar-refractivity contribution >= 4 is 44.3 Å². The molecular weight excluding hydrogens is 677 g/mol. The molecule has 1 aliphatic heterocycles. The van der Waals surface area contributed by atoms with Crippen LogP contribution in [-0.4, -0.2) is 19.5 Å². The summed E-state index contributed by atoms with van der Waals surface area (Å²) in [5.74, 6) is 1.94. The molecule has 0 bridgehead atoms. The van der Waals surface area contributed by atoms with E-state index in [0.717, 1.165) is 22.4 Å². The average molecular weight is 707 g/mol. The maximum Gasteiger partial charge on any atom is 0.164 e. The van der Waals surface area contributed by atoms with Crippen molar-refractivity contribution in [3.63, 3.8) is 0 Å². The Morgan fingerprint density at radius 1 is 0.389 bits per heavy atom. The van der Waals surface area contributed by atoms with Gasteiger partial charge in [-0.05, 0) is 69.9 Å². The normalized spacial score (nSPS) is 12.0. The number of aromatic nitrogens is 4. The monoisotopic (exact) mass is 706 g/mol. The van der Waals surface area contributed by atoms with Gasteiger partial charge >= 0.3 is 0 Å². The van der Waals surface area contributed by atoms with Crippen molar-refractivity contribution in [2.45, 2.75) is 9.79 Å². The molecule has 0 aliphatic carbocycles. The minimum atomic E-state index is 0.638. The van der Waals surface area contributed by atoms with Crippen molar-refractivity contribution in [2.75, 3.05) is 0 Å². The van der Waals surface area contributed by atoms with Gasteiger partial charge in [-0.15, -0.1) is 0 Å². The van der Waals surface area contributed by atoms with E-state index in [-0.39, 0.29) is 0 Å². The van der Waals surface area contributed by atoms with E-state index in [0.29, 0.717) is 17.5 Å². The quantitative estimate of drug-likeness (QED) is 0.183. The standard InChI is InChI=1S/C49H30N4S/c1-3-14-32(15-4-1)47-50-48(33-16-5-2-6-17-33)52-49(51-47)34-23-26-35(27-24-34)53-41-29-25-31-13-7-8-18-36(31)44(41)40-28-30-43-45(46(40)53)39-21-10-9-19-37(39)38-20-11-12-22-42(38)54-43/h1-30H. The summed E-state index contributed by atoms with van der Waals surface area (Å²) in [6.07, 6.45) is 0. The number of rotatable bonds is 4. The molecule has 0 spiro atoms. The topological polar surface area (TPSA) is 43.6 Å². The van der Waals surface area contributed by atoms with Gasteiger partial charge in [0.1, 0.15) is 0 Å². The summed E-state index contributed by atoms with van der Waals surface area (Å²) in [5, 5.41) is 4.98. The Hall–Kier alpha value is -6.82. The molecule has 0 unspecified atom stereocenters. The lowest BCUT2D eigenvalue weighted by Crippen LogP contribution is -2.01. The molecule has 0 fully saturated rings. The third-order valence-electron chi connectivity index (χ3n) is 10.5. The predicted molar refractivity (Wildman–Crippen MR) is 223 cm³/mol. The lowest BCUT2D eigenvalue weighted by atomic mass is 9.93. The number of benzene rings is 8. The number of hydrogen-bond donors (Lipinski definition) is 0. The molecule has 0 atom stereocenters. The van der Waals surface area contributed by atoms with Crippen molar-refractivity contribution in [2.24, 2.45) is 0 Å². The first-order valence-corrected chi connectivity index (χ1v) is 18.9. The smallest absolute Gasteiger partial charge is 0.164 e. The maximum atomic E-state index is 5.01. The molecule has 0 N–H and O–H groups in total. The molecule has 10 aromatic rings. The van der Waals surface area contributed by atoms with Crippen molar-refractivity contribution in [1.82, 2.24) is 19.5 Å². The molecule has 252 valence electrons. The van der Waals surface area contributed by atoms with E-state index in [4.69, 9.17) is 15.0 Å². The Morgan fingerprint density at radius 3 is 1.67 bits per heavy atom. The van der Waals surface area contributed by atoms with E-state index in [1.807, 2.05) is 72.4 Å². The molecule has 5 heteroatoms. The van der Waals surface area contributed by atoms with Crippen LogP contribution >= 0.6 is 11.8 Å². The van der Waals surface area contributed by atoms with Gasteiger partial charge in [-0.2, -0.15) is 0 Å². The first-order valence-electron chi connectivity index (χ1n) is 18.1. The third kappa shape index (κ3) is 4.90. The zero-order valence-corrected chi connectivity index (χ0v) is 29.8. The number of nitrogens with zero attached hydrogens (tertiary/aromatic N) is 4. The van der Waals surface area contributed by atoms with Crippen LogP contribution < -0.4 is 0 Å². The summed E-state index contributed by atoms with van der Waals surface area (Å²) in [7, 11) is 0. The molecular formula is C49H30N4S. The molecule has 4 nitrogen and oxygen atoms in total. The average Bonchev–Trinajstić information content (AvgIpc) is 3.51. The van der Waals surface area contributed by atoms with Crippen molar-refractivity contribution in [3.8, 4) is 62.1 Å². The van der Waals surface area contributed by atoms with Crippen LogP contribution in [0, 0.1) is 0 Å². The minimum Gasteiger partial charge on any atom is -0.309 e. The lowest BCUT2D eigenvalue weighted by Gasteiger charge is -2.15. The van der Waals surface area contributed by atoms with Crippen LogP contribution in [-0.2, 0) is 0 Å². The largest absolute Gasteiger partial charge is 0.309 e. The number of hydrogen-bond acceptors (Lipinski definition) is 4. The fraction of sp³-hybridized carbons (Fsp3) is 0. The van der Waals surface area contributed by atoms with E-state index in [9.17, 15) is 0 Å². The molecule has 0 saturated carbocycles. The van der Waals surface area contributed by atoms with Crippen LogP contribution in [0.3, 0.4) is 0 Å². The van der Waals surface area contributed by atoms with Gasteiger partial charge < -0.3 is 4.57 Å². The van der Waals surface area contributed by atoms with Gasteiger partial charge in [0.2, 0.25) is 0 Å². The maximum absolute atomic E-state index is 5.01. The summed E-state index contributed by atoms with van der Waals surface area (Å²) in [6.45, 7) is 0. The van der Waals surface area contributed by atoms with Gasteiger partial charge in [-0.3, -0.25) is 0 Å². The van der Waals surface area contributed by atoms with Crippen LogP contribution in [0.15, 0.2) is 192 Å². The molecule has 3 heterocycles. The highest BCUT2D eigenvalue weighted by Gasteiger charge is 2.26. The molecule has 2 aromatic heterocycles. The second kappa shape index (κ2) is 12.4. The first-order chi connectivity index (χ1) is 26.8. The van der Waals surface area contributed by atoms with Crippen LogP contribution in [0.2, 0.25) is 0 Å². The highest BCUT2D eigenvalue weighted by atomic mass is 32.2. The highest BCUT2D eigenvalue weighted by Crippen LogP contribution is 2.52. The van der Waals surface area contributed by atoms with E-state index in [2.05, 4.69) is 126 Å². The second-order valence-corrected chi connectivity index (χ2v) is 14.7. The zero-order valence-electron chi connectivity index (χ0n) is 29.0. The lowest BCUT2D eigenvalue weighted by molar-refractivity contribution is 1.07. The van der Waals surface area contributed by atoms with Gasteiger partial charge in [0, 0.05) is 48.5 Å². The van der Waals surface area contributed by atoms with Crippen LogP contribution in [0.4, 0.5) is 0 Å². The van der Waals surface area contributed by atoms with Crippen molar-refractivity contribution in [1.29, 1.82) is 0 Å². The Morgan fingerprint density at radius 2 is 0.963 bits per heavy atom. The summed E-state index contributed by atoms with van der Waals surface area (Å²) in [6, 6.07) is 64.5. The Labute approximate surface area is 316 Å². The molecule has 0 saturated heterocycles. The van der Waals surface area contributed by atoms with Crippen LogP contribution in [0.25, 0.3) is 94.7 Å². The van der Waals surface area contributed by atoms with Gasteiger partial charge in [0.05, 0.1) is 11.0 Å². The summed E-state index contributed by atoms with van der Waals surface area (Å²) < 4.78 is 2.46. The Balaban J connectivity index is 1.16. The molecule has 0 radical (unpaired) electrons. The SMILES string of the molecule is c1ccc(-c2nc(-c3ccccc3)nc(-c3ccc(-n4c5ccc6ccccc6c5c5ccc6c(c54)-c4ccccc4-c4ccccc4S6)cc3)n2)cc1. The van der Waals surface area contributed by atoms with Gasteiger partial charge in [-0.1, -0.05) is 151 Å². The molecule has 8 aromatic carbocycles. The minimum absolute atomic E-state index is 0.638. The van der Waals surface area contributed by atoms with Gasteiger partial charge in [0.15, 0.2) is 17.5 Å². The summed E-state index contributed by atoms with van der Waals surface area (Å²) in [4.78, 5) is 17.4. The van der Waals surface area contributed by atoms with E-state index < -0.39 is 0 Å². The first kappa shape index (κ1) is 30.8. The van der Waals surface area contributed by atoms with E-state index in [1.54, 1.807) is 0 Å². The summed E-state index contributed by atoms with van der Waals surface area (Å²) >= 11 is 1.86. The van der Waals surface area contributed by atoms with Crippen molar-refractivity contribution in [3.05, 3.63) is 182 Å². The van der Waals surface area contributed by atoms with Crippen LogP contribution in [0.1, 0.15) is 0 Å². The fourth-order valence-electron chi connectivity index (χ4n) is 8.00. The Kier molecular flexibility index (Phi) is 7.07. The molecule has 11 rings (SSSR count). The highest BCUT2D eigenvalue weighted by molar-refractivity contribution is 7.99. The van der Waals surface area contributed by atoms with Gasteiger partial charge in [0.25, 0.3) is 0 Å². The molecule has 0 amide bonds. The van der Waals surface area contributed by atoms with Gasteiger partial charge in [-0.25, -0.2) is 15.0 Å². The molecule has 1 aliphatic rings. The predicted octanol–water partition coefficient (Wildman–Crippen LogP) is 12.9. The Bertz CT molecular complexity index is 3000. The summed E-state index contributed by atoms with van der Waals surface area (Å²) in [5.41, 5.74) is 11.3. The molecule has 54 heavy (non-hydrogen) atoms. The zero-order chi connectivity index (χ0) is 35.6. The van der Waals surface area contributed by atoms with E-state index >= 15 is 0 Å². The van der Waals surface area contributed by atoms with Crippen molar-refractivity contribution < 1.29 is 0 Å². The number of fused-ring (bicyclic) bond motifs is 11. The van der Waals surface area contributed by atoms with E-state index in [1.165, 1.54) is 64.6 Å². The third-order valence-corrected chi connectivity index (χ3v) is 11.6. The second-order valence-electron chi connectivity index (χ2n) is 13.6. The fourth-order valence-corrected chi connectivity index (χ4v) is 9.12. The van der Waals surface area contributed by atoms with Crippen LogP contribution in [0.5, 0.6) is 0 Å².